The molecule has 3 rings (SSSR count). The maximum atomic E-state index is 13.5. The topological polar surface area (TPSA) is 187 Å². The minimum atomic E-state index is -1.25. The first-order valence-electron chi connectivity index (χ1n) is 13.6. The van der Waals surface area contributed by atoms with Crippen LogP contribution in [0.15, 0.2) is 60.8 Å². The van der Waals surface area contributed by atoms with E-state index in [0.717, 1.165) is 22.0 Å². The lowest BCUT2D eigenvalue weighted by atomic mass is 9.99. The first-order chi connectivity index (χ1) is 19.5. The molecule has 0 fully saturated rings. The molecule has 41 heavy (non-hydrogen) atoms. The summed E-state index contributed by atoms with van der Waals surface area (Å²) in [5.74, 6) is -3.23. The molecule has 5 atom stereocenters. The molecule has 0 saturated carbocycles. The van der Waals surface area contributed by atoms with Crippen molar-refractivity contribution in [2.24, 2.45) is 11.7 Å². The number of H-pyrrole nitrogens is 1. The van der Waals surface area contributed by atoms with Gasteiger partial charge in [0.15, 0.2) is 0 Å². The average Bonchev–Trinajstić information content (AvgIpc) is 3.34. The average molecular weight is 566 g/mol. The molecule has 5 unspecified atom stereocenters. The first kappa shape index (κ1) is 31.3. The number of carbonyl (C=O) groups excluding carboxylic acids is 3. The van der Waals surface area contributed by atoms with Crippen molar-refractivity contribution in [2.45, 2.75) is 70.3 Å². The number of benzene rings is 2. The molecule has 8 N–H and O–H groups in total. The third kappa shape index (κ3) is 8.89. The number of amides is 3. The lowest BCUT2D eigenvalue weighted by molar-refractivity contribution is -0.142. The fourth-order valence-corrected chi connectivity index (χ4v) is 4.51. The van der Waals surface area contributed by atoms with Gasteiger partial charge >= 0.3 is 5.97 Å². The van der Waals surface area contributed by atoms with Gasteiger partial charge in [0, 0.05) is 29.9 Å². The summed E-state index contributed by atoms with van der Waals surface area (Å²) in [6.07, 6.45) is 0.960. The molecule has 3 aromatic rings. The Morgan fingerprint density at radius 1 is 0.805 bits per heavy atom. The van der Waals surface area contributed by atoms with E-state index in [4.69, 9.17) is 5.73 Å². The fourth-order valence-electron chi connectivity index (χ4n) is 4.51. The largest absolute Gasteiger partial charge is 0.480 e. The molecule has 1 aromatic heterocycles. The van der Waals surface area contributed by atoms with Gasteiger partial charge in [-0.15, -0.1) is 0 Å². The molecule has 0 bridgehead atoms. The zero-order chi connectivity index (χ0) is 30.1. The van der Waals surface area contributed by atoms with E-state index in [0.29, 0.717) is 0 Å². The van der Waals surface area contributed by atoms with Crippen LogP contribution in [-0.2, 0) is 32.0 Å². The molecule has 3 amide bonds. The van der Waals surface area contributed by atoms with Crippen LogP contribution in [0.25, 0.3) is 10.9 Å². The highest BCUT2D eigenvalue weighted by Crippen LogP contribution is 2.19. The summed E-state index contributed by atoms with van der Waals surface area (Å²) in [7, 11) is 0. The molecule has 0 aliphatic heterocycles. The van der Waals surface area contributed by atoms with Gasteiger partial charge in [-0.2, -0.15) is 0 Å². The number of aromatic nitrogens is 1. The van der Waals surface area contributed by atoms with Gasteiger partial charge < -0.3 is 36.9 Å². The molecular weight excluding hydrogens is 526 g/mol. The summed E-state index contributed by atoms with van der Waals surface area (Å²) in [5, 5.41) is 28.4. The summed E-state index contributed by atoms with van der Waals surface area (Å²) >= 11 is 0. The Morgan fingerprint density at radius 2 is 1.39 bits per heavy atom. The molecule has 0 aliphatic carbocycles. The molecule has 11 nitrogen and oxygen atoms in total. The second kappa shape index (κ2) is 14.4. The van der Waals surface area contributed by atoms with Gasteiger partial charge in [-0.25, -0.2) is 4.79 Å². The minimum absolute atomic E-state index is 0.0197. The molecule has 2 aromatic carbocycles. The number of carboxylic acids is 1. The number of nitrogens with two attached hydrogens (primary N) is 1. The van der Waals surface area contributed by atoms with Crippen LogP contribution >= 0.6 is 0 Å². The molecule has 0 spiro atoms. The zero-order valence-corrected chi connectivity index (χ0v) is 23.5. The molecular formula is C30H39N5O6. The van der Waals surface area contributed by atoms with E-state index < -0.39 is 54.0 Å². The molecule has 0 radical (unpaired) electrons. The highest BCUT2D eigenvalue weighted by molar-refractivity contribution is 5.94. The van der Waals surface area contributed by atoms with Crippen molar-refractivity contribution >= 4 is 34.6 Å². The van der Waals surface area contributed by atoms with Crippen LogP contribution < -0.4 is 21.7 Å². The lowest BCUT2D eigenvalue weighted by Crippen LogP contribution is -2.59. The van der Waals surface area contributed by atoms with Gasteiger partial charge in [0.1, 0.15) is 24.2 Å². The van der Waals surface area contributed by atoms with Crippen LogP contribution in [-0.4, -0.2) is 69.2 Å². The molecule has 11 heteroatoms. The van der Waals surface area contributed by atoms with Gasteiger partial charge in [-0.1, -0.05) is 62.4 Å². The van der Waals surface area contributed by atoms with Crippen LogP contribution in [0.1, 0.15) is 38.3 Å². The number of rotatable bonds is 14. The predicted octanol–water partition coefficient (Wildman–Crippen LogP) is 1.25. The number of aromatic amines is 1. The lowest BCUT2D eigenvalue weighted by Gasteiger charge is -2.26. The van der Waals surface area contributed by atoms with Crippen LogP contribution in [0.5, 0.6) is 0 Å². The Bertz CT molecular complexity index is 1340. The monoisotopic (exact) mass is 565 g/mol. The maximum Gasteiger partial charge on any atom is 0.326 e. The molecule has 0 aliphatic rings. The van der Waals surface area contributed by atoms with Gasteiger partial charge in [0.05, 0.1) is 6.10 Å². The van der Waals surface area contributed by atoms with Crippen molar-refractivity contribution in [2.75, 3.05) is 0 Å². The van der Waals surface area contributed by atoms with E-state index in [1.54, 1.807) is 30.5 Å². The van der Waals surface area contributed by atoms with Gasteiger partial charge in [0.25, 0.3) is 0 Å². The van der Waals surface area contributed by atoms with Gasteiger partial charge in [0.2, 0.25) is 17.7 Å². The van der Waals surface area contributed by atoms with E-state index in [2.05, 4.69) is 20.9 Å². The standard InChI is InChI=1S/C30H39N5O6/c1-17(2)13-23(27(37)35-25(30(40)41)15-20-16-32-22-12-8-7-11-21(20)22)33-28(38)24(14-19-9-5-4-6-10-19)34-29(39)26(31)18(3)36/h4-12,16-18,23-26,32,36H,13-15,31H2,1-3H3,(H,33,38)(H,34,39)(H,35,37)(H,40,41). The van der Waals surface area contributed by atoms with Crippen LogP contribution in [0.2, 0.25) is 0 Å². The number of carbonyl (C=O) groups is 4. The van der Waals surface area contributed by atoms with Crippen LogP contribution in [0.4, 0.5) is 0 Å². The Labute approximate surface area is 238 Å². The van der Waals surface area contributed by atoms with Crippen molar-refractivity contribution in [3.63, 3.8) is 0 Å². The Hall–Kier alpha value is -4.22. The van der Waals surface area contributed by atoms with E-state index in [9.17, 15) is 29.4 Å². The van der Waals surface area contributed by atoms with E-state index in [1.807, 2.05) is 44.2 Å². The number of carboxylic acid groups (broad SMARTS) is 1. The molecule has 1 heterocycles. The molecule has 220 valence electrons. The summed E-state index contributed by atoms with van der Waals surface area (Å²) in [4.78, 5) is 54.7. The van der Waals surface area contributed by atoms with Crippen molar-refractivity contribution in [3.8, 4) is 0 Å². The fraction of sp³-hybridized carbons (Fsp3) is 0.400. The van der Waals surface area contributed by atoms with Crippen molar-refractivity contribution in [3.05, 3.63) is 71.9 Å². The van der Waals surface area contributed by atoms with Gasteiger partial charge in [-0.05, 0) is 36.5 Å². The smallest absolute Gasteiger partial charge is 0.326 e. The Morgan fingerprint density at radius 3 is 2.02 bits per heavy atom. The summed E-state index contributed by atoms with van der Waals surface area (Å²) < 4.78 is 0. The number of hydrogen-bond acceptors (Lipinski definition) is 6. The van der Waals surface area contributed by atoms with Crippen molar-refractivity contribution < 1.29 is 29.4 Å². The SMILES string of the molecule is CC(C)CC(NC(=O)C(Cc1ccccc1)NC(=O)C(N)C(C)O)C(=O)NC(Cc1c[nH]c2ccccc12)C(=O)O. The predicted molar refractivity (Wildman–Crippen MR) is 155 cm³/mol. The third-order valence-corrected chi connectivity index (χ3v) is 6.79. The zero-order valence-electron chi connectivity index (χ0n) is 23.5. The van der Waals surface area contributed by atoms with Gasteiger partial charge in [-0.3, -0.25) is 14.4 Å². The first-order valence-corrected chi connectivity index (χ1v) is 13.6. The van der Waals surface area contributed by atoms with E-state index in [1.165, 1.54) is 6.92 Å². The second-order valence-corrected chi connectivity index (χ2v) is 10.7. The Balaban J connectivity index is 1.78. The molecule has 0 saturated heterocycles. The number of aliphatic hydroxyl groups excluding tert-OH is 1. The van der Waals surface area contributed by atoms with Crippen molar-refractivity contribution in [1.29, 1.82) is 0 Å². The van der Waals surface area contributed by atoms with E-state index >= 15 is 0 Å². The number of fused-ring (bicyclic) bond motifs is 1. The number of nitrogens with one attached hydrogen (secondary N) is 4. The summed E-state index contributed by atoms with van der Waals surface area (Å²) in [5.41, 5.74) is 8.12. The normalized spacial score (nSPS) is 15.0. The number of para-hydroxylation sites is 1. The summed E-state index contributed by atoms with van der Waals surface area (Å²) in [6.45, 7) is 5.12. The van der Waals surface area contributed by atoms with Crippen molar-refractivity contribution in [1.82, 2.24) is 20.9 Å². The van der Waals surface area contributed by atoms with Crippen LogP contribution in [0, 0.1) is 5.92 Å². The quantitative estimate of drug-likeness (QED) is 0.153. The highest BCUT2D eigenvalue weighted by Gasteiger charge is 2.32. The van der Waals surface area contributed by atoms with E-state index in [-0.39, 0.29) is 25.2 Å². The minimum Gasteiger partial charge on any atom is -0.480 e. The Kier molecular flexibility index (Phi) is 11.0. The third-order valence-electron chi connectivity index (χ3n) is 6.79. The number of hydrogen-bond donors (Lipinski definition) is 7. The number of aliphatic hydroxyl groups is 1. The summed E-state index contributed by atoms with van der Waals surface area (Å²) in [6, 6.07) is 11.8. The second-order valence-electron chi connectivity index (χ2n) is 10.7. The highest BCUT2D eigenvalue weighted by atomic mass is 16.4. The number of aliphatic carboxylic acids is 1. The van der Waals surface area contributed by atoms with Crippen LogP contribution in [0.3, 0.4) is 0 Å². The maximum absolute atomic E-state index is 13.5.